The number of hydrogen-bond acceptors (Lipinski definition) is 5. The van der Waals surface area contributed by atoms with Gasteiger partial charge < -0.3 is 15.4 Å². The zero-order valence-electron chi connectivity index (χ0n) is 13.8. The standard InChI is InChI=1S/C14H25N5O2.2ClH/c1-11-10-21-7-6-19(11)5-4-16-14(20)13(15-2)12-8-17-18(3)9-12;;/h8-9,11,13,15H,4-7,10H2,1-3H3,(H,16,20);2*1H. The van der Waals surface area contributed by atoms with Crippen LogP contribution in [0.1, 0.15) is 18.5 Å². The number of aryl methyl sites for hydroxylation is 1. The summed E-state index contributed by atoms with van der Waals surface area (Å²) in [5.74, 6) is -0.0218. The lowest BCUT2D eigenvalue weighted by Crippen LogP contribution is -2.47. The Morgan fingerprint density at radius 3 is 2.83 bits per heavy atom. The van der Waals surface area contributed by atoms with Crippen molar-refractivity contribution in [1.82, 2.24) is 25.3 Å². The molecule has 2 rings (SSSR count). The SMILES string of the molecule is CNC(C(=O)NCCN1CCOCC1C)c1cnn(C)c1.Cl.Cl. The van der Waals surface area contributed by atoms with Crippen LogP contribution in [0, 0.1) is 0 Å². The summed E-state index contributed by atoms with van der Waals surface area (Å²) in [5, 5.41) is 10.1. The van der Waals surface area contributed by atoms with Crippen molar-refractivity contribution in [3.63, 3.8) is 0 Å². The Kier molecular flexibility index (Phi) is 10.4. The summed E-state index contributed by atoms with van der Waals surface area (Å²) in [6.45, 7) is 6.10. The maximum absolute atomic E-state index is 12.3. The number of aromatic nitrogens is 2. The fourth-order valence-electron chi connectivity index (χ4n) is 2.56. The molecule has 2 atom stereocenters. The molecule has 0 saturated carbocycles. The highest BCUT2D eigenvalue weighted by Crippen LogP contribution is 2.11. The van der Waals surface area contributed by atoms with E-state index in [-0.39, 0.29) is 36.8 Å². The Hall–Kier alpha value is -0.860. The second kappa shape index (κ2) is 10.8. The highest BCUT2D eigenvalue weighted by molar-refractivity contribution is 5.85. The Morgan fingerprint density at radius 2 is 2.26 bits per heavy atom. The van der Waals surface area contributed by atoms with Crippen molar-refractivity contribution in [2.45, 2.75) is 19.0 Å². The summed E-state index contributed by atoms with van der Waals surface area (Å²) in [5.41, 5.74) is 0.872. The smallest absolute Gasteiger partial charge is 0.241 e. The predicted octanol–water partition coefficient (Wildman–Crippen LogP) is 0.361. The molecule has 0 aliphatic carbocycles. The van der Waals surface area contributed by atoms with Crippen LogP contribution >= 0.6 is 24.8 Å². The first kappa shape index (κ1) is 22.1. The third-order valence-corrected chi connectivity index (χ3v) is 3.81. The molecule has 0 bridgehead atoms. The Balaban J connectivity index is 0.00000242. The van der Waals surface area contributed by atoms with Crippen molar-refractivity contribution >= 4 is 30.7 Å². The highest BCUT2D eigenvalue weighted by Gasteiger charge is 2.21. The zero-order valence-corrected chi connectivity index (χ0v) is 15.5. The molecule has 0 radical (unpaired) electrons. The largest absolute Gasteiger partial charge is 0.379 e. The van der Waals surface area contributed by atoms with E-state index < -0.39 is 0 Å². The number of nitrogens with zero attached hydrogens (tertiary/aromatic N) is 3. The molecule has 134 valence electrons. The maximum Gasteiger partial charge on any atom is 0.241 e. The number of nitrogens with one attached hydrogen (secondary N) is 2. The second-order valence-electron chi connectivity index (χ2n) is 5.42. The summed E-state index contributed by atoms with van der Waals surface area (Å²) in [7, 11) is 3.62. The van der Waals surface area contributed by atoms with Gasteiger partial charge in [0, 0.05) is 44.5 Å². The minimum atomic E-state index is -0.360. The first-order valence-corrected chi connectivity index (χ1v) is 7.37. The van der Waals surface area contributed by atoms with Crippen LogP contribution in [0.15, 0.2) is 12.4 Å². The van der Waals surface area contributed by atoms with E-state index in [0.29, 0.717) is 12.6 Å². The molecule has 2 unspecified atom stereocenters. The van der Waals surface area contributed by atoms with E-state index in [1.165, 1.54) is 0 Å². The van der Waals surface area contributed by atoms with Crippen molar-refractivity contribution < 1.29 is 9.53 Å². The lowest BCUT2D eigenvalue weighted by Gasteiger charge is -2.33. The molecule has 1 aromatic rings. The predicted molar refractivity (Wildman–Crippen MR) is 94.4 cm³/mol. The molecule has 0 spiro atoms. The molecule has 23 heavy (non-hydrogen) atoms. The molecule has 9 heteroatoms. The monoisotopic (exact) mass is 367 g/mol. The number of hydrogen-bond donors (Lipinski definition) is 2. The van der Waals surface area contributed by atoms with Crippen LogP contribution in [-0.2, 0) is 16.6 Å². The van der Waals surface area contributed by atoms with E-state index in [9.17, 15) is 4.79 Å². The average Bonchev–Trinajstić information content (AvgIpc) is 2.88. The fourth-order valence-corrected chi connectivity index (χ4v) is 2.56. The normalized spacial score (nSPS) is 19.3. The van der Waals surface area contributed by atoms with E-state index in [1.807, 2.05) is 13.2 Å². The number of morpholine rings is 1. The van der Waals surface area contributed by atoms with Crippen LogP contribution < -0.4 is 10.6 Å². The molecule has 1 fully saturated rings. The minimum Gasteiger partial charge on any atom is -0.379 e. The van der Waals surface area contributed by atoms with Gasteiger partial charge >= 0.3 is 0 Å². The Morgan fingerprint density at radius 1 is 1.52 bits per heavy atom. The van der Waals surface area contributed by atoms with E-state index >= 15 is 0 Å². The summed E-state index contributed by atoms with van der Waals surface area (Å²) < 4.78 is 7.10. The van der Waals surface area contributed by atoms with Gasteiger partial charge in [-0.05, 0) is 14.0 Å². The number of ether oxygens (including phenoxy) is 1. The fraction of sp³-hybridized carbons (Fsp3) is 0.714. The lowest BCUT2D eigenvalue weighted by atomic mass is 10.1. The lowest BCUT2D eigenvalue weighted by molar-refractivity contribution is -0.123. The minimum absolute atomic E-state index is 0. The topological polar surface area (TPSA) is 71.4 Å². The molecule has 7 nitrogen and oxygen atoms in total. The van der Waals surface area contributed by atoms with Crippen molar-refractivity contribution in [2.24, 2.45) is 7.05 Å². The Bertz CT molecular complexity index is 472. The van der Waals surface area contributed by atoms with Crippen molar-refractivity contribution in [2.75, 3.05) is 39.9 Å². The molecule has 2 N–H and O–H groups in total. The van der Waals surface area contributed by atoms with E-state index in [2.05, 4.69) is 27.6 Å². The maximum atomic E-state index is 12.3. The van der Waals surface area contributed by atoms with Crippen LogP contribution in [0.25, 0.3) is 0 Å². The quantitative estimate of drug-likeness (QED) is 0.759. The number of halogens is 2. The van der Waals surface area contributed by atoms with Crippen LogP contribution in [0.4, 0.5) is 0 Å². The average molecular weight is 368 g/mol. The summed E-state index contributed by atoms with van der Waals surface area (Å²) in [6, 6.07) is 0.0508. The molecular weight excluding hydrogens is 341 g/mol. The number of amides is 1. The van der Waals surface area contributed by atoms with E-state index in [1.54, 1.807) is 17.9 Å². The van der Waals surface area contributed by atoms with Crippen LogP contribution in [0.5, 0.6) is 0 Å². The van der Waals surface area contributed by atoms with Gasteiger partial charge in [0.05, 0.1) is 19.4 Å². The number of carbonyl (C=O) groups is 1. The molecule has 1 aliphatic rings. The van der Waals surface area contributed by atoms with Gasteiger partial charge in [-0.1, -0.05) is 0 Å². The van der Waals surface area contributed by atoms with Crippen molar-refractivity contribution in [1.29, 1.82) is 0 Å². The van der Waals surface area contributed by atoms with Crippen LogP contribution in [0.2, 0.25) is 0 Å². The van der Waals surface area contributed by atoms with Gasteiger partial charge in [0.1, 0.15) is 6.04 Å². The highest BCUT2D eigenvalue weighted by atomic mass is 35.5. The van der Waals surface area contributed by atoms with Crippen molar-refractivity contribution in [3.8, 4) is 0 Å². The zero-order chi connectivity index (χ0) is 15.2. The Labute approximate surface area is 149 Å². The number of rotatable bonds is 6. The molecular formula is C14H27Cl2N5O2. The summed E-state index contributed by atoms with van der Waals surface area (Å²) >= 11 is 0. The number of carbonyl (C=O) groups excluding carboxylic acids is 1. The first-order valence-electron chi connectivity index (χ1n) is 7.37. The third kappa shape index (κ3) is 6.27. The molecule has 1 saturated heterocycles. The molecule has 2 heterocycles. The van der Waals surface area contributed by atoms with Crippen molar-refractivity contribution in [3.05, 3.63) is 18.0 Å². The molecule has 1 aliphatic heterocycles. The second-order valence-corrected chi connectivity index (χ2v) is 5.42. The van der Waals surface area contributed by atoms with Crippen LogP contribution in [-0.4, -0.2) is 66.5 Å². The third-order valence-electron chi connectivity index (χ3n) is 3.81. The molecule has 0 aromatic carbocycles. The van der Waals surface area contributed by atoms with Gasteiger partial charge in [0.25, 0.3) is 0 Å². The number of likely N-dealkylation sites (N-methyl/N-ethyl adjacent to an activating group) is 1. The van der Waals surface area contributed by atoms with Crippen LogP contribution in [0.3, 0.4) is 0 Å². The van der Waals surface area contributed by atoms with Gasteiger partial charge in [-0.25, -0.2) is 0 Å². The summed E-state index contributed by atoms with van der Waals surface area (Å²) in [6.07, 6.45) is 3.57. The van der Waals surface area contributed by atoms with Gasteiger partial charge in [0.2, 0.25) is 5.91 Å². The first-order chi connectivity index (χ1) is 10.1. The van der Waals surface area contributed by atoms with Gasteiger partial charge in [-0.15, -0.1) is 24.8 Å². The van der Waals surface area contributed by atoms with E-state index in [0.717, 1.165) is 31.9 Å². The van der Waals surface area contributed by atoms with Gasteiger partial charge in [-0.2, -0.15) is 5.10 Å². The molecule has 1 aromatic heterocycles. The molecule has 1 amide bonds. The van der Waals surface area contributed by atoms with Gasteiger partial charge in [-0.3, -0.25) is 14.4 Å². The van der Waals surface area contributed by atoms with E-state index in [4.69, 9.17) is 4.74 Å². The van der Waals surface area contributed by atoms with Gasteiger partial charge in [0.15, 0.2) is 0 Å². The summed E-state index contributed by atoms with van der Waals surface area (Å²) in [4.78, 5) is 14.6.